The van der Waals surface area contributed by atoms with Crippen molar-refractivity contribution in [2.24, 2.45) is 0 Å². The standard InChI is InChI=1S/C15H19FN4O/c1-3-17-14-12(6-4-7-13(14)16)15(21)19-11(2)10-20-9-5-8-18-20/h4-9,11,17H,3,10H2,1-2H3,(H,19,21). The highest BCUT2D eigenvalue weighted by Crippen LogP contribution is 2.19. The first-order valence-corrected chi connectivity index (χ1v) is 6.92. The zero-order valence-corrected chi connectivity index (χ0v) is 12.1. The number of amides is 1. The number of benzene rings is 1. The molecule has 2 rings (SSSR count). The molecule has 1 heterocycles. The van der Waals surface area contributed by atoms with Crippen molar-refractivity contribution in [3.63, 3.8) is 0 Å². The summed E-state index contributed by atoms with van der Waals surface area (Å²) in [7, 11) is 0. The number of halogens is 1. The van der Waals surface area contributed by atoms with Gasteiger partial charge in [-0.1, -0.05) is 6.07 Å². The van der Waals surface area contributed by atoms with Crippen molar-refractivity contribution in [1.82, 2.24) is 15.1 Å². The second kappa shape index (κ2) is 6.88. The van der Waals surface area contributed by atoms with Gasteiger partial charge in [0, 0.05) is 25.0 Å². The Morgan fingerprint density at radius 3 is 2.90 bits per heavy atom. The molecule has 1 atom stereocenters. The van der Waals surface area contributed by atoms with E-state index in [1.54, 1.807) is 16.9 Å². The Kier molecular flexibility index (Phi) is 4.92. The van der Waals surface area contributed by atoms with E-state index in [9.17, 15) is 9.18 Å². The number of para-hydroxylation sites is 1. The normalized spacial score (nSPS) is 12.0. The SMILES string of the molecule is CCNc1c(F)cccc1C(=O)NC(C)Cn1cccn1. The number of carbonyl (C=O) groups excluding carboxylic acids is 1. The third-order valence-corrected chi connectivity index (χ3v) is 3.01. The number of rotatable bonds is 6. The van der Waals surface area contributed by atoms with Crippen molar-refractivity contribution in [3.05, 3.63) is 48.0 Å². The Bertz CT molecular complexity index is 598. The number of nitrogens with zero attached hydrogens (tertiary/aromatic N) is 2. The molecule has 1 amide bonds. The van der Waals surface area contributed by atoms with Crippen LogP contribution >= 0.6 is 0 Å². The van der Waals surface area contributed by atoms with Crippen molar-refractivity contribution >= 4 is 11.6 Å². The summed E-state index contributed by atoms with van der Waals surface area (Å²) in [5.41, 5.74) is 0.549. The zero-order valence-electron chi connectivity index (χ0n) is 12.1. The first-order chi connectivity index (χ1) is 10.1. The summed E-state index contributed by atoms with van der Waals surface area (Å²) >= 11 is 0. The van der Waals surface area contributed by atoms with E-state index >= 15 is 0 Å². The molecule has 1 aromatic carbocycles. The van der Waals surface area contributed by atoms with Gasteiger partial charge in [0.1, 0.15) is 5.82 Å². The van der Waals surface area contributed by atoms with Crippen LogP contribution in [0.3, 0.4) is 0 Å². The molecule has 0 aliphatic carbocycles. The van der Waals surface area contributed by atoms with Gasteiger partial charge in [-0.25, -0.2) is 4.39 Å². The maximum absolute atomic E-state index is 13.8. The van der Waals surface area contributed by atoms with E-state index in [2.05, 4.69) is 15.7 Å². The van der Waals surface area contributed by atoms with Crippen LogP contribution in [0.5, 0.6) is 0 Å². The molecular formula is C15H19FN4O. The van der Waals surface area contributed by atoms with Gasteiger partial charge >= 0.3 is 0 Å². The number of hydrogen-bond acceptors (Lipinski definition) is 3. The summed E-state index contributed by atoms with van der Waals surface area (Å²) in [4.78, 5) is 12.3. The Morgan fingerprint density at radius 1 is 1.43 bits per heavy atom. The second-order valence-electron chi connectivity index (χ2n) is 4.80. The molecule has 6 heteroatoms. The predicted octanol–water partition coefficient (Wildman–Crippen LogP) is 2.27. The molecule has 0 spiro atoms. The van der Waals surface area contributed by atoms with E-state index in [1.165, 1.54) is 12.1 Å². The van der Waals surface area contributed by atoms with Crippen LogP contribution in [0.15, 0.2) is 36.7 Å². The van der Waals surface area contributed by atoms with E-state index in [4.69, 9.17) is 0 Å². The van der Waals surface area contributed by atoms with Gasteiger partial charge in [-0.05, 0) is 32.0 Å². The summed E-state index contributed by atoms with van der Waals surface area (Å²) < 4.78 is 15.5. The van der Waals surface area contributed by atoms with Gasteiger partial charge in [0.15, 0.2) is 0 Å². The summed E-state index contributed by atoms with van der Waals surface area (Å²) in [6.45, 7) is 4.84. The highest BCUT2D eigenvalue weighted by molar-refractivity contribution is 5.99. The Labute approximate surface area is 123 Å². The average molecular weight is 290 g/mol. The van der Waals surface area contributed by atoms with E-state index in [0.29, 0.717) is 18.7 Å². The second-order valence-corrected chi connectivity index (χ2v) is 4.80. The molecule has 0 bridgehead atoms. The van der Waals surface area contributed by atoms with Crippen LogP contribution < -0.4 is 10.6 Å². The van der Waals surface area contributed by atoms with Gasteiger partial charge in [0.2, 0.25) is 0 Å². The largest absolute Gasteiger partial charge is 0.382 e. The zero-order chi connectivity index (χ0) is 15.2. The van der Waals surface area contributed by atoms with E-state index in [0.717, 1.165) is 0 Å². The molecule has 112 valence electrons. The minimum atomic E-state index is -0.427. The van der Waals surface area contributed by atoms with Crippen LogP contribution in [-0.4, -0.2) is 28.3 Å². The Morgan fingerprint density at radius 2 is 2.24 bits per heavy atom. The molecule has 0 fully saturated rings. The monoisotopic (exact) mass is 290 g/mol. The van der Waals surface area contributed by atoms with Crippen LogP contribution in [0.4, 0.5) is 10.1 Å². The predicted molar refractivity (Wildman–Crippen MR) is 79.7 cm³/mol. The highest BCUT2D eigenvalue weighted by Gasteiger charge is 2.16. The molecule has 2 aromatic rings. The summed E-state index contributed by atoms with van der Waals surface area (Å²) in [5, 5.41) is 9.84. The molecule has 2 N–H and O–H groups in total. The number of nitrogens with one attached hydrogen (secondary N) is 2. The third kappa shape index (κ3) is 3.81. The van der Waals surface area contributed by atoms with Gasteiger partial charge in [-0.3, -0.25) is 9.48 Å². The lowest BCUT2D eigenvalue weighted by Crippen LogP contribution is -2.36. The fourth-order valence-electron chi connectivity index (χ4n) is 2.11. The smallest absolute Gasteiger partial charge is 0.253 e. The fraction of sp³-hybridized carbons (Fsp3) is 0.333. The molecule has 21 heavy (non-hydrogen) atoms. The number of hydrogen-bond donors (Lipinski definition) is 2. The van der Waals surface area contributed by atoms with Crippen LogP contribution in [0.1, 0.15) is 24.2 Å². The summed E-state index contributed by atoms with van der Waals surface area (Å²) in [6.07, 6.45) is 3.51. The first-order valence-electron chi connectivity index (χ1n) is 6.92. The summed E-state index contributed by atoms with van der Waals surface area (Å²) in [6, 6.07) is 6.18. The Balaban J connectivity index is 2.07. The van der Waals surface area contributed by atoms with Crippen molar-refractivity contribution < 1.29 is 9.18 Å². The van der Waals surface area contributed by atoms with Crippen molar-refractivity contribution in [1.29, 1.82) is 0 Å². The van der Waals surface area contributed by atoms with Crippen molar-refractivity contribution in [2.45, 2.75) is 26.4 Å². The molecule has 0 saturated carbocycles. The van der Waals surface area contributed by atoms with Gasteiger partial charge in [0.05, 0.1) is 17.8 Å². The molecule has 0 saturated heterocycles. The van der Waals surface area contributed by atoms with Gasteiger partial charge in [-0.2, -0.15) is 5.10 Å². The number of aromatic nitrogens is 2. The lowest BCUT2D eigenvalue weighted by molar-refractivity contribution is 0.0936. The van der Waals surface area contributed by atoms with Gasteiger partial charge < -0.3 is 10.6 Å². The highest BCUT2D eigenvalue weighted by atomic mass is 19.1. The quantitative estimate of drug-likeness (QED) is 0.858. The van der Waals surface area contributed by atoms with Crippen LogP contribution in [-0.2, 0) is 6.54 Å². The molecular weight excluding hydrogens is 271 g/mol. The van der Waals surface area contributed by atoms with E-state index < -0.39 is 5.82 Å². The van der Waals surface area contributed by atoms with Crippen molar-refractivity contribution in [3.8, 4) is 0 Å². The van der Waals surface area contributed by atoms with Crippen LogP contribution in [0.25, 0.3) is 0 Å². The fourth-order valence-corrected chi connectivity index (χ4v) is 2.11. The number of anilines is 1. The molecule has 1 aromatic heterocycles. The molecule has 1 unspecified atom stereocenters. The van der Waals surface area contributed by atoms with Crippen molar-refractivity contribution in [2.75, 3.05) is 11.9 Å². The van der Waals surface area contributed by atoms with Crippen LogP contribution in [0.2, 0.25) is 0 Å². The van der Waals surface area contributed by atoms with E-state index in [-0.39, 0.29) is 17.6 Å². The van der Waals surface area contributed by atoms with Gasteiger partial charge in [-0.15, -0.1) is 0 Å². The maximum Gasteiger partial charge on any atom is 0.253 e. The number of carbonyl (C=O) groups is 1. The lowest BCUT2D eigenvalue weighted by Gasteiger charge is -2.16. The molecule has 5 nitrogen and oxygen atoms in total. The average Bonchev–Trinajstić information content (AvgIpc) is 2.93. The van der Waals surface area contributed by atoms with Gasteiger partial charge in [0.25, 0.3) is 5.91 Å². The topological polar surface area (TPSA) is 59.0 Å². The van der Waals surface area contributed by atoms with Crippen LogP contribution in [0, 0.1) is 5.82 Å². The Hall–Kier alpha value is -2.37. The molecule has 0 aliphatic rings. The third-order valence-electron chi connectivity index (χ3n) is 3.01. The maximum atomic E-state index is 13.8. The lowest BCUT2D eigenvalue weighted by atomic mass is 10.1. The molecule has 0 radical (unpaired) electrons. The molecule has 0 aliphatic heterocycles. The first kappa shape index (κ1) is 15.0. The van der Waals surface area contributed by atoms with E-state index in [1.807, 2.05) is 26.1 Å². The summed E-state index contributed by atoms with van der Waals surface area (Å²) in [5.74, 6) is -0.727. The minimum Gasteiger partial charge on any atom is -0.382 e. The minimum absolute atomic E-state index is 0.116.